The predicted octanol–water partition coefficient (Wildman–Crippen LogP) is 2.95. The number of benzene rings is 1. The summed E-state index contributed by atoms with van der Waals surface area (Å²) in [7, 11) is 0. The van der Waals surface area contributed by atoms with Gasteiger partial charge in [0.25, 0.3) is 0 Å². The number of nitrogens with zero attached hydrogens (tertiary/aromatic N) is 2. The van der Waals surface area contributed by atoms with Gasteiger partial charge in [0.15, 0.2) is 0 Å². The van der Waals surface area contributed by atoms with Crippen LogP contribution >= 0.6 is 0 Å². The van der Waals surface area contributed by atoms with Crippen molar-refractivity contribution in [1.29, 1.82) is 0 Å². The van der Waals surface area contributed by atoms with E-state index in [0.29, 0.717) is 6.54 Å². The molecule has 0 radical (unpaired) electrons. The van der Waals surface area contributed by atoms with E-state index in [1.807, 2.05) is 6.20 Å². The molecule has 1 N–H and O–H groups in total. The molecule has 1 aromatic carbocycles. The molecule has 0 saturated carbocycles. The van der Waals surface area contributed by atoms with Crippen LogP contribution in [0.1, 0.15) is 5.56 Å². The summed E-state index contributed by atoms with van der Waals surface area (Å²) in [6, 6.07) is 8.34. The molecule has 1 aromatic heterocycles. The van der Waals surface area contributed by atoms with Gasteiger partial charge in [0, 0.05) is 24.1 Å². The molecule has 1 heterocycles. The van der Waals surface area contributed by atoms with Gasteiger partial charge in [-0.3, -0.25) is 9.98 Å². The molecule has 0 aliphatic carbocycles. The zero-order valence-corrected chi connectivity index (χ0v) is 8.93. The fourth-order valence-corrected chi connectivity index (χ4v) is 1.52. The molecule has 0 saturated heterocycles. The Labute approximate surface area is 94.2 Å². The third kappa shape index (κ3) is 2.45. The van der Waals surface area contributed by atoms with Crippen molar-refractivity contribution in [3.05, 3.63) is 48.3 Å². The minimum atomic E-state index is 0.683. The first-order valence-corrected chi connectivity index (χ1v) is 5.07. The number of hydrogen-bond donors (Lipinski definition) is 1. The molecule has 0 bridgehead atoms. The quantitative estimate of drug-likeness (QED) is 0.755. The number of rotatable bonds is 4. The molecule has 0 fully saturated rings. The van der Waals surface area contributed by atoms with Crippen molar-refractivity contribution in [2.75, 3.05) is 0 Å². The first kappa shape index (κ1) is 10.4. The van der Waals surface area contributed by atoms with Crippen LogP contribution in [0.4, 0.5) is 0 Å². The lowest BCUT2D eigenvalue weighted by Crippen LogP contribution is -1.81. The van der Waals surface area contributed by atoms with Crippen LogP contribution in [0.2, 0.25) is 0 Å². The van der Waals surface area contributed by atoms with Crippen molar-refractivity contribution in [2.45, 2.75) is 6.54 Å². The van der Waals surface area contributed by atoms with Gasteiger partial charge in [0.1, 0.15) is 0 Å². The van der Waals surface area contributed by atoms with E-state index < -0.39 is 0 Å². The molecule has 0 spiro atoms. The fraction of sp³-hybridized carbons (Fsp3) is 0.0769. The zero-order valence-electron chi connectivity index (χ0n) is 8.93. The van der Waals surface area contributed by atoms with Gasteiger partial charge in [-0.1, -0.05) is 6.07 Å². The molecule has 3 heteroatoms. The van der Waals surface area contributed by atoms with Crippen LogP contribution in [-0.2, 0) is 6.54 Å². The van der Waals surface area contributed by atoms with E-state index in [2.05, 4.69) is 46.0 Å². The number of nitrogens with one attached hydrogen (secondary N) is 1. The normalized spacial score (nSPS) is 11.8. The van der Waals surface area contributed by atoms with Crippen LogP contribution < -0.4 is 0 Å². The third-order valence-corrected chi connectivity index (χ3v) is 2.27. The lowest BCUT2D eigenvalue weighted by molar-refractivity contribution is 1.08. The number of H-pyrrole nitrogens is 1. The van der Waals surface area contributed by atoms with Crippen molar-refractivity contribution in [1.82, 2.24) is 4.98 Å². The summed E-state index contributed by atoms with van der Waals surface area (Å²) in [5.41, 5.74) is 2.35. The lowest BCUT2D eigenvalue weighted by atomic mass is 10.1. The van der Waals surface area contributed by atoms with Gasteiger partial charge in [0.2, 0.25) is 0 Å². The minimum Gasteiger partial charge on any atom is -0.361 e. The molecular weight excluding hydrogens is 198 g/mol. The standard InChI is InChI=1S/C13H13N3/c1-14-6-2-7-15-10-11-3-4-13-12(9-11)5-8-16-13/h2-9,16H,1,10H2/b6-2-,15-7?. The highest BCUT2D eigenvalue weighted by Crippen LogP contribution is 2.14. The summed E-state index contributed by atoms with van der Waals surface area (Å²) in [5, 5.41) is 1.22. The maximum Gasteiger partial charge on any atom is 0.0639 e. The van der Waals surface area contributed by atoms with Crippen LogP contribution in [0.15, 0.2) is 52.7 Å². The maximum atomic E-state index is 4.26. The smallest absolute Gasteiger partial charge is 0.0639 e. The van der Waals surface area contributed by atoms with Gasteiger partial charge in [-0.2, -0.15) is 0 Å². The Morgan fingerprint density at radius 3 is 3.12 bits per heavy atom. The Morgan fingerprint density at radius 2 is 2.25 bits per heavy atom. The van der Waals surface area contributed by atoms with Gasteiger partial charge >= 0.3 is 0 Å². The van der Waals surface area contributed by atoms with E-state index in [1.54, 1.807) is 18.5 Å². The third-order valence-electron chi connectivity index (χ3n) is 2.27. The fourth-order valence-electron chi connectivity index (χ4n) is 1.52. The summed E-state index contributed by atoms with van der Waals surface area (Å²) < 4.78 is 0. The zero-order chi connectivity index (χ0) is 11.2. The second-order valence-corrected chi connectivity index (χ2v) is 3.41. The molecule has 0 unspecified atom stereocenters. The Hall–Kier alpha value is -2.16. The van der Waals surface area contributed by atoms with Crippen molar-refractivity contribution in [2.24, 2.45) is 9.98 Å². The van der Waals surface area contributed by atoms with Crippen LogP contribution in [-0.4, -0.2) is 17.9 Å². The Morgan fingerprint density at radius 1 is 1.31 bits per heavy atom. The minimum absolute atomic E-state index is 0.683. The van der Waals surface area contributed by atoms with E-state index in [4.69, 9.17) is 0 Å². The first-order chi connectivity index (χ1) is 7.90. The van der Waals surface area contributed by atoms with Crippen LogP contribution in [0.25, 0.3) is 10.9 Å². The second kappa shape index (κ2) is 5.07. The summed E-state index contributed by atoms with van der Waals surface area (Å²) in [5.74, 6) is 0. The number of aromatic nitrogens is 1. The van der Waals surface area contributed by atoms with E-state index in [9.17, 15) is 0 Å². The molecular formula is C13H13N3. The lowest BCUT2D eigenvalue weighted by Gasteiger charge is -1.96. The first-order valence-electron chi connectivity index (χ1n) is 5.07. The van der Waals surface area contributed by atoms with Gasteiger partial charge in [-0.25, -0.2) is 0 Å². The SMILES string of the molecule is C=N/C=C\C=NCc1ccc2[nH]ccc2c1. The molecule has 2 rings (SSSR count). The number of fused-ring (bicyclic) bond motifs is 1. The van der Waals surface area contributed by atoms with Gasteiger partial charge in [0.05, 0.1) is 6.54 Å². The molecule has 80 valence electrons. The molecule has 0 aliphatic rings. The topological polar surface area (TPSA) is 40.5 Å². The number of hydrogen-bond acceptors (Lipinski definition) is 2. The number of allylic oxidation sites excluding steroid dienone is 1. The number of aromatic amines is 1. The summed E-state index contributed by atoms with van der Waals surface area (Å²) in [4.78, 5) is 11.0. The van der Waals surface area contributed by atoms with Crippen LogP contribution in [0.3, 0.4) is 0 Å². The highest BCUT2D eigenvalue weighted by atomic mass is 14.7. The summed E-state index contributed by atoms with van der Waals surface area (Å²) in [6.45, 7) is 4.03. The highest BCUT2D eigenvalue weighted by molar-refractivity contribution is 5.80. The van der Waals surface area contributed by atoms with E-state index in [-0.39, 0.29) is 0 Å². The molecule has 3 nitrogen and oxygen atoms in total. The van der Waals surface area contributed by atoms with Crippen LogP contribution in [0, 0.1) is 0 Å². The van der Waals surface area contributed by atoms with Gasteiger partial charge < -0.3 is 4.98 Å². The molecule has 2 aromatic rings. The van der Waals surface area contributed by atoms with Crippen molar-refractivity contribution < 1.29 is 0 Å². The largest absolute Gasteiger partial charge is 0.361 e. The summed E-state index contributed by atoms with van der Waals surface area (Å²) >= 11 is 0. The Bertz CT molecular complexity index is 535. The maximum absolute atomic E-state index is 4.26. The molecule has 0 atom stereocenters. The van der Waals surface area contributed by atoms with Gasteiger partial charge in [-0.15, -0.1) is 0 Å². The van der Waals surface area contributed by atoms with Crippen LogP contribution in [0.5, 0.6) is 0 Å². The molecule has 16 heavy (non-hydrogen) atoms. The highest BCUT2D eigenvalue weighted by Gasteiger charge is 1.95. The predicted molar refractivity (Wildman–Crippen MR) is 69.2 cm³/mol. The Kier molecular flexibility index (Phi) is 3.28. The number of aliphatic imine (C=N–C) groups is 2. The average molecular weight is 211 g/mol. The van der Waals surface area contributed by atoms with E-state index in [1.165, 1.54) is 10.9 Å². The second-order valence-electron chi connectivity index (χ2n) is 3.41. The Balaban J connectivity index is 2.06. The van der Waals surface area contributed by atoms with Gasteiger partial charge in [-0.05, 0) is 41.9 Å². The molecule has 0 aliphatic heterocycles. The monoisotopic (exact) mass is 211 g/mol. The van der Waals surface area contributed by atoms with Crippen molar-refractivity contribution in [3.63, 3.8) is 0 Å². The van der Waals surface area contributed by atoms with Crippen molar-refractivity contribution in [3.8, 4) is 0 Å². The van der Waals surface area contributed by atoms with Crippen molar-refractivity contribution >= 4 is 23.8 Å². The van der Waals surface area contributed by atoms with E-state index >= 15 is 0 Å². The summed E-state index contributed by atoms with van der Waals surface area (Å²) in [6.07, 6.45) is 7.05. The average Bonchev–Trinajstić information content (AvgIpc) is 2.76. The molecule has 0 amide bonds. The van der Waals surface area contributed by atoms with E-state index in [0.717, 1.165) is 5.52 Å².